The predicted molar refractivity (Wildman–Crippen MR) is 128 cm³/mol. The number of likely N-dealkylation sites (tertiary alicyclic amines) is 1. The summed E-state index contributed by atoms with van der Waals surface area (Å²) in [6.07, 6.45) is 5.58. The Morgan fingerprint density at radius 1 is 1.12 bits per heavy atom. The van der Waals surface area contributed by atoms with Crippen molar-refractivity contribution in [3.63, 3.8) is 0 Å². The second-order valence-electron chi connectivity index (χ2n) is 8.31. The minimum atomic E-state index is -3.53. The van der Waals surface area contributed by atoms with Crippen molar-refractivity contribution in [3.8, 4) is 22.8 Å². The van der Waals surface area contributed by atoms with Crippen molar-refractivity contribution in [2.24, 2.45) is 0 Å². The maximum absolute atomic E-state index is 11.8. The number of hydrogen-bond donors (Lipinski definition) is 1. The summed E-state index contributed by atoms with van der Waals surface area (Å²) in [5.41, 5.74) is 3.17. The van der Waals surface area contributed by atoms with Gasteiger partial charge in [-0.1, -0.05) is 0 Å². The number of carbonyl (C=O) groups excluding carboxylic acids is 1. The van der Waals surface area contributed by atoms with Gasteiger partial charge < -0.3 is 14.4 Å². The highest BCUT2D eigenvalue weighted by Crippen LogP contribution is 2.36. The fourth-order valence-electron chi connectivity index (χ4n) is 4.03. The molecule has 0 radical (unpaired) electrons. The van der Waals surface area contributed by atoms with Crippen LogP contribution in [0.2, 0.25) is 0 Å². The highest BCUT2D eigenvalue weighted by atomic mass is 32.2. The Morgan fingerprint density at radius 3 is 2.50 bits per heavy atom. The molecule has 0 saturated carbocycles. The van der Waals surface area contributed by atoms with Gasteiger partial charge in [-0.2, -0.15) is 0 Å². The van der Waals surface area contributed by atoms with E-state index in [2.05, 4.69) is 19.7 Å². The molecule has 0 spiro atoms. The average molecular weight is 486 g/mol. The van der Waals surface area contributed by atoms with Crippen LogP contribution >= 0.6 is 0 Å². The molecular formula is C23H27N5O5S. The second-order valence-corrected chi connectivity index (χ2v) is 10.1. The molecule has 1 amide bonds. The number of rotatable bonds is 6. The van der Waals surface area contributed by atoms with Crippen LogP contribution in [0.15, 0.2) is 30.7 Å². The summed E-state index contributed by atoms with van der Waals surface area (Å²) < 4.78 is 37.7. The van der Waals surface area contributed by atoms with Crippen LogP contribution in [-0.4, -0.2) is 66.7 Å². The number of carbonyl (C=O) groups is 1. The Morgan fingerprint density at radius 2 is 1.85 bits per heavy atom. The smallest absolute Gasteiger partial charge is 0.238 e. The molecule has 0 atom stereocenters. The molecule has 0 aliphatic carbocycles. The molecule has 4 rings (SSSR count). The summed E-state index contributed by atoms with van der Waals surface area (Å²) in [5, 5.41) is 0.824. The lowest BCUT2D eigenvalue weighted by molar-refractivity contribution is -0.130. The first-order valence-electron chi connectivity index (χ1n) is 10.8. The molecule has 1 aromatic carbocycles. The molecule has 34 heavy (non-hydrogen) atoms. The van der Waals surface area contributed by atoms with Crippen LogP contribution in [0.1, 0.15) is 25.5 Å². The van der Waals surface area contributed by atoms with Gasteiger partial charge in [0.05, 0.1) is 13.4 Å². The van der Waals surface area contributed by atoms with Gasteiger partial charge in [0.25, 0.3) is 0 Å². The maximum Gasteiger partial charge on any atom is 0.238 e. The van der Waals surface area contributed by atoms with Crippen molar-refractivity contribution in [3.05, 3.63) is 36.4 Å². The zero-order valence-corrected chi connectivity index (χ0v) is 20.3. The van der Waals surface area contributed by atoms with Crippen molar-refractivity contribution in [1.82, 2.24) is 19.9 Å². The Kier molecular flexibility index (Phi) is 6.56. The van der Waals surface area contributed by atoms with E-state index in [-0.39, 0.29) is 23.6 Å². The van der Waals surface area contributed by atoms with Crippen LogP contribution in [0, 0.1) is 6.92 Å². The molecule has 1 N–H and O–H groups in total. The van der Waals surface area contributed by atoms with Gasteiger partial charge in [-0.3, -0.25) is 9.52 Å². The molecule has 1 fully saturated rings. The van der Waals surface area contributed by atoms with Crippen molar-refractivity contribution < 1.29 is 22.7 Å². The fourth-order valence-corrected chi connectivity index (χ4v) is 4.58. The zero-order valence-electron chi connectivity index (χ0n) is 19.5. The number of pyridine rings is 1. The lowest BCUT2D eigenvalue weighted by Gasteiger charge is -2.31. The number of nitrogens with zero attached hydrogens (tertiary/aromatic N) is 4. The predicted octanol–water partition coefficient (Wildman–Crippen LogP) is 2.77. The molecule has 180 valence electrons. The first-order valence-corrected chi connectivity index (χ1v) is 12.7. The van der Waals surface area contributed by atoms with E-state index in [1.807, 2.05) is 24.0 Å². The summed E-state index contributed by atoms with van der Waals surface area (Å²) in [5.74, 6) is 0.843. The number of methoxy groups -OCH3 is 1. The highest BCUT2D eigenvalue weighted by Gasteiger charge is 2.23. The molecule has 11 heteroatoms. The molecule has 2 aromatic heterocycles. The third-order valence-corrected chi connectivity index (χ3v) is 6.35. The fraction of sp³-hybridized carbons (Fsp3) is 0.391. The summed E-state index contributed by atoms with van der Waals surface area (Å²) in [6, 6.07) is 5.48. The molecule has 1 aliphatic heterocycles. The van der Waals surface area contributed by atoms with E-state index in [1.165, 1.54) is 13.4 Å². The lowest BCUT2D eigenvalue weighted by atomic mass is 10.0. The van der Waals surface area contributed by atoms with Gasteiger partial charge in [-0.25, -0.2) is 23.4 Å². The number of aryl methyl sites for hydroxylation is 1. The monoisotopic (exact) mass is 485 g/mol. The van der Waals surface area contributed by atoms with Gasteiger partial charge in [-0.05, 0) is 30.7 Å². The summed E-state index contributed by atoms with van der Waals surface area (Å²) >= 11 is 0. The molecular weight excluding hydrogens is 458 g/mol. The van der Waals surface area contributed by atoms with Gasteiger partial charge >= 0.3 is 0 Å². The Bertz CT molecular complexity index is 1340. The van der Waals surface area contributed by atoms with Crippen molar-refractivity contribution >= 4 is 32.5 Å². The number of hydrogen-bond acceptors (Lipinski definition) is 8. The highest BCUT2D eigenvalue weighted by molar-refractivity contribution is 7.92. The SMILES string of the molecule is COc1ncc(-c2cc(OC3CCN(C(C)=O)CC3)c3ncnc(C)c3c2)cc1NS(C)(=O)=O. The largest absolute Gasteiger partial charge is 0.488 e. The van der Waals surface area contributed by atoms with E-state index >= 15 is 0 Å². The number of ether oxygens (including phenoxy) is 2. The summed E-state index contributed by atoms with van der Waals surface area (Å²) in [7, 11) is -2.10. The number of benzene rings is 1. The molecule has 1 aliphatic rings. The van der Waals surface area contributed by atoms with Crippen LogP contribution in [0.3, 0.4) is 0 Å². The van der Waals surface area contributed by atoms with Crippen LogP contribution in [0.25, 0.3) is 22.0 Å². The van der Waals surface area contributed by atoms with E-state index in [0.717, 1.165) is 35.7 Å². The minimum absolute atomic E-state index is 0.0548. The van der Waals surface area contributed by atoms with Crippen LogP contribution in [0.5, 0.6) is 11.6 Å². The number of anilines is 1. The van der Waals surface area contributed by atoms with Gasteiger partial charge in [-0.15, -0.1) is 0 Å². The van der Waals surface area contributed by atoms with Crippen molar-refractivity contribution in [1.29, 1.82) is 0 Å². The lowest BCUT2D eigenvalue weighted by Crippen LogP contribution is -2.40. The van der Waals surface area contributed by atoms with E-state index in [1.54, 1.807) is 19.2 Å². The molecule has 1 saturated heterocycles. The number of aromatic nitrogens is 3. The molecule has 0 unspecified atom stereocenters. The van der Waals surface area contributed by atoms with E-state index in [4.69, 9.17) is 9.47 Å². The van der Waals surface area contributed by atoms with E-state index < -0.39 is 10.0 Å². The van der Waals surface area contributed by atoms with E-state index in [0.29, 0.717) is 29.9 Å². The first-order chi connectivity index (χ1) is 16.1. The quantitative estimate of drug-likeness (QED) is 0.565. The van der Waals surface area contributed by atoms with Crippen molar-refractivity contribution in [2.75, 3.05) is 31.2 Å². The second kappa shape index (κ2) is 9.41. The maximum atomic E-state index is 11.8. The number of nitrogens with one attached hydrogen (secondary N) is 1. The normalized spacial score (nSPS) is 14.8. The Balaban J connectivity index is 1.74. The standard InChI is InChI=1S/C23H27N5O5S/c1-14-19-9-16(17-10-20(27-34(4,30)31)23(32-3)24-12-17)11-21(22(19)26-13-25-14)33-18-5-7-28(8-6-18)15(2)29/h9-13,18,27H,5-8H2,1-4H3. The van der Waals surface area contributed by atoms with Gasteiger partial charge in [0.2, 0.25) is 21.8 Å². The third-order valence-electron chi connectivity index (χ3n) is 5.76. The molecule has 10 nitrogen and oxygen atoms in total. The summed E-state index contributed by atoms with van der Waals surface area (Å²) in [6.45, 7) is 4.77. The van der Waals surface area contributed by atoms with Crippen LogP contribution < -0.4 is 14.2 Å². The average Bonchev–Trinajstić information content (AvgIpc) is 2.79. The van der Waals surface area contributed by atoms with E-state index in [9.17, 15) is 13.2 Å². The minimum Gasteiger partial charge on any atom is -0.488 e. The Hall–Kier alpha value is -3.47. The third kappa shape index (κ3) is 5.19. The molecule has 3 aromatic rings. The summed E-state index contributed by atoms with van der Waals surface area (Å²) in [4.78, 5) is 26.5. The number of sulfonamides is 1. The van der Waals surface area contributed by atoms with Crippen molar-refractivity contribution in [2.45, 2.75) is 32.8 Å². The topological polar surface area (TPSA) is 124 Å². The molecule has 3 heterocycles. The number of piperidine rings is 1. The Labute approximate surface area is 198 Å². The van der Waals surface area contributed by atoms with Gasteiger partial charge in [0.15, 0.2) is 0 Å². The zero-order chi connectivity index (χ0) is 24.5. The molecule has 0 bridgehead atoms. The van der Waals surface area contributed by atoms with Gasteiger partial charge in [0.1, 0.15) is 29.4 Å². The number of fused-ring (bicyclic) bond motifs is 1. The first kappa shape index (κ1) is 23.7. The van der Waals surface area contributed by atoms with Gasteiger partial charge in [0, 0.05) is 55.7 Å². The van der Waals surface area contributed by atoms with Crippen LogP contribution in [0.4, 0.5) is 5.69 Å². The van der Waals surface area contributed by atoms with Crippen LogP contribution in [-0.2, 0) is 14.8 Å². The number of amides is 1.